The Hall–Kier alpha value is -1.54. The maximum Gasteiger partial charge on any atom is 1.00 e. The summed E-state index contributed by atoms with van der Waals surface area (Å²) in [6.07, 6.45) is 1.41. The van der Waals surface area contributed by atoms with E-state index in [2.05, 4.69) is 19.9 Å². The highest BCUT2D eigenvalue weighted by molar-refractivity contribution is 5.81. The highest BCUT2D eigenvalue weighted by Crippen LogP contribution is 2.14. The van der Waals surface area contributed by atoms with Gasteiger partial charge in [0.05, 0.1) is 18.5 Å². The monoisotopic (exact) mass is 272 g/mol. The van der Waals surface area contributed by atoms with Crippen LogP contribution in [-0.2, 0) is 6.61 Å². The summed E-state index contributed by atoms with van der Waals surface area (Å²) >= 11 is 0. The molecule has 2 aromatic rings. The first-order valence-corrected chi connectivity index (χ1v) is 3.86. The molecule has 0 amide bonds. The van der Waals surface area contributed by atoms with Gasteiger partial charge in [0.25, 0.3) is 0 Å². The fraction of sp³-hybridized carbons (Fsp3) is 0.143. The number of nitrogen functional groups attached to an aromatic ring is 2. The lowest BCUT2D eigenvalue weighted by molar-refractivity contribution is -0.00000421. The van der Waals surface area contributed by atoms with Crippen LogP contribution in [0.15, 0.2) is 6.20 Å². The summed E-state index contributed by atoms with van der Waals surface area (Å²) in [5.74, 6) is 0.219. The van der Waals surface area contributed by atoms with Gasteiger partial charge in [-0.2, -0.15) is 9.97 Å². The molecule has 2 rings (SSSR count). The number of rotatable bonds is 1. The van der Waals surface area contributed by atoms with E-state index in [0.717, 1.165) is 0 Å². The van der Waals surface area contributed by atoms with E-state index in [9.17, 15) is 0 Å². The van der Waals surface area contributed by atoms with Crippen molar-refractivity contribution in [3.8, 4) is 0 Å². The zero-order chi connectivity index (χ0) is 10.1. The minimum atomic E-state index is -0.202. The molecular weight excluding hydrogens is 264 g/mol. The molecule has 80 valence electrons. The third-order valence-corrected chi connectivity index (χ3v) is 1.66. The Morgan fingerprint density at radius 1 is 1.27 bits per heavy atom. The number of aromatic nitrogens is 4. The number of hydrogen-bond donors (Lipinski definition) is 3. The van der Waals surface area contributed by atoms with Crippen molar-refractivity contribution < 1.29 is 23.5 Å². The molecule has 0 atom stereocenters. The molecule has 0 aliphatic rings. The van der Waals surface area contributed by atoms with Crippen LogP contribution in [0.4, 0.5) is 11.8 Å². The molecule has 0 fully saturated rings. The second-order valence-corrected chi connectivity index (χ2v) is 2.66. The van der Waals surface area contributed by atoms with Gasteiger partial charge in [0, 0.05) is 0 Å². The van der Waals surface area contributed by atoms with E-state index >= 15 is 0 Å². The van der Waals surface area contributed by atoms with Gasteiger partial charge in [-0.3, -0.25) is 0 Å². The molecule has 0 aromatic carbocycles. The van der Waals surface area contributed by atoms with Crippen LogP contribution in [0.25, 0.3) is 11.2 Å². The zero-order valence-electron chi connectivity index (χ0n) is 8.55. The Balaban J connectivity index is 0.00000112. The summed E-state index contributed by atoms with van der Waals surface area (Å²) in [5, 5.41) is 8.83. The van der Waals surface area contributed by atoms with Crippen LogP contribution in [0.5, 0.6) is 0 Å². The number of aliphatic hydroxyl groups excluding tert-OH is 1. The molecule has 0 unspecified atom stereocenters. The molecule has 0 aliphatic carbocycles. The van der Waals surface area contributed by atoms with E-state index < -0.39 is 0 Å². The normalized spacial score (nSPS) is 9.93. The van der Waals surface area contributed by atoms with Crippen molar-refractivity contribution in [3.05, 3.63) is 11.9 Å². The Bertz CT molecular complexity index is 496. The first kappa shape index (κ1) is 11.5. The largest absolute Gasteiger partial charge is 1.00 e. The fourth-order valence-electron chi connectivity index (χ4n) is 1.06. The molecule has 8 heteroatoms. The van der Waals surface area contributed by atoms with Crippen molar-refractivity contribution in [3.63, 3.8) is 0 Å². The lowest BCUT2D eigenvalue weighted by Gasteiger charge is -2.01. The maximum absolute atomic E-state index is 8.83. The SMILES string of the molecule is Nc1nc(N)c2nc(CO)cnc2n1.[Br-].[H+]. The first-order valence-electron chi connectivity index (χ1n) is 3.86. The minimum Gasteiger partial charge on any atom is -1.00 e. The van der Waals surface area contributed by atoms with Crippen molar-refractivity contribution in [1.29, 1.82) is 0 Å². The Morgan fingerprint density at radius 3 is 2.67 bits per heavy atom. The van der Waals surface area contributed by atoms with Gasteiger partial charge in [-0.05, 0) is 0 Å². The van der Waals surface area contributed by atoms with Crippen molar-refractivity contribution in [2.75, 3.05) is 11.5 Å². The second-order valence-electron chi connectivity index (χ2n) is 2.66. The van der Waals surface area contributed by atoms with Gasteiger partial charge in [-0.1, -0.05) is 0 Å². The molecule has 0 saturated heterocycles. The molecule has 0 radical (unpaired) electrons. The van der Waals surface area contributed by atoms with Crippen LogP contribution < -0.4 is 28.4 Å². The second kappa shape index (κ2) is 4.32. The zero-order valence-corrected chi connectivity index (χ0v) is 9.14. The van der Waals surface area contributed by atoms with Gasteiger partial charge < -0.3 is 33.6 Å². The molecular formula is C7H9BrN6O. The number of nitrogens with zero attached hydrogens (tertiary/aromatic N) is 4. The standard InChI is InChI=1S/C7H8N6O.BrH/c8-5-4-6(13-7(9)12-5)10-1-3(2-14)11-4;/h1,14H,2H2,(H4,8,9,10,12,13);1H. The van der Waals surface area contributed by atoms with Gasteiger partial charge >= 0.3 is 1.43 Å². The van der Waals surface area contributed by atoms with E-state index in [1.165, 1.54) is 6.20 Å². The van der Waals surface area contributed by atoms with Gasteiger partial charge in [0.1, 0.15) is 0 Å². The molecule has 5 N–H and O–H groups in total. The van der Waals surface area contributed by atoms with Crippen molar-refractivity contribution in [2.45, 2.75) is 6.61 Å². The van der Waals surface area contributed by atoms with Crippen LogP contribution in [0.2, 0.25) is 0 Å². The highest BCUT2D eigenvalue weighted by atomic mass is 79.9. The average molecular weight is 273 g/mol. The predicted octanol–water partition coefficient (Wildman–Crippen LogP) is -3.81. The lowest BCUT2D eigenvalue weighted by Crippen LogP contribution is -3.00. The van der Waals surface area contributed by atoms with Crippen LogP contribution >= 0.6 is 0 Å². The van der Waals surface area contributed by atoms with Crippen LogP contribution in [-0.4, -0.2) is 25.0 Å². The topological polar surface area (TPSA) is 124 Å². The van der Waals surface area contributed by atoms with E-state index in [-0.39, 0.29) is 36.8 Å². The van der Waals surface area contributed by atoms with E-state index in [0.29, 0.717) is 16.9 Å². The molecule has 2 heterocycles. The molecule has 2 aromatic heterocycles. The summed E-state index contributed by atoms with van der Waals surface area (Å²) in [4.78, 5) is 15.5. The van der Waals surface area contributed by atoms with Crippen molar-refractivity contribution >= 4 is 22.9 Å². The molecule has 0 saturated carbocycles. The van der Waals surface area contributed by atoms with Crippen LogP contribution in [0, 0.1) is 0 Å². The minimum absolute atomic E-state index is 0. The summed E-state index contributed by atoms with van der Waals surface area (Å²) < 4.78 is 0. The number of anilines is 2. The third-order valence-electron chi connectivity index (χ3n) is 1.66. The average Bonchev–Trinajstić information content (AvgIpc) is 2.17. The Labute approximate surface area is 96.8 Å². The van der Waals surface area contributed by atoms with Gasteiger partial charge in [0.15, 0.2) is 17.0 Å². The summed E-state index contributed by atoms with van der Waals surface area (Å²) in [6, 6.07) is 0. The molecule has 0 aliphatic heterocycles. The number of fused-ring (bicyclic) bond motifs is 1. The van der Waals surface area contributed by atoms with Gasteiger partial charge in [0.2, 0.25) is 5.95 Å². The smallest absolute Gasteiger partial charge is 1.00 e. The molecule has 15 heavy (non-hydrogen) atoms. The Morgan fingerprint density at radius 2 is 2.00 bits per heavy atom. The summed E-state index contributed by atoms with van der Waals surface area (Å²) in [6.45, 7) is -0.202. The highest BCUT2D eigenvalue weighted by Gasteiger charge is 2.06. The molecule has 7 nitrogen and oxygen atoms in total. The fourth-order valence-corrected chi connectivity index (χ4v) is 1.06. The lowest BCUT2D eigenvalue weighted by atomic mass is 10.4. The predicted molar refractivity (Wildman–Crippen MR) is 51.0 cm³/mol. The van der Waals surface area contributed by atoms with E-state index in [4.69, 9.17) is 16.6 Å². The number of nitrogens with two attached hydrogens (primary N) is 2. The number of hydrogen-bond acceptors (Lipinski definition) is 7. The summed E-state index contributed by atoms with van der Waals surface area (Å²) in [7, 11) is 0. The van der Waals surface area contributed by atoms with E-state index in [1.807, 2.05) is 0 Å². The first-order chi connectivity index (χ1) is 6.70. The quantitative estimate of drug-likeness (QED) is 0.486. The number of halogens is 1. The number of aliphatic hydroxyl groups is 1. The maximum atomic E-state index is 8.83. The van der Waals surface area contributed by atoms with E-state index in [1.54, 1.807) is 0 Å². The van der Waals surface area contributed by atoms with Crippen LogP contribution in [0.1, 0.15) is 7.12 Å². The van der Waals surface area contributed by atoms with Gasteiger partial charge in [-0.25, -0.2) is 9.97 Å². The van der Waals surface area contributed by atoms with Crippen molar-refractivity contribution in [2.24, 2.45) is 0 Å². The molecule has 0 bridgehead atoms. The summed E-state index contributed by atoms with van der Waals surface area (Å²) in [5.41, 5.74) is 12.0. The Kier molecular flexibility index (Phi) is 3.32. The van der Waals surface area contributed by atoms with Crippen LogP contribution in [0.3, 0.4) is 0 Å². The molecule has 0 spiro atoms. The van der Waals surface area contributed by atoms with Crippen molar-refractivity contribution in [1.82, 2.24) is 19.9 Å². The third kappa shape index (κ3) is 2.10. The van der Waals surface area contributed by atoms with Gasteiger partial charge in [-0.15, -0.1) is 0 Å².